The summed E-state index contributed by atoms with van der Waals surface area (Å²) < 4.78 is 5.73. The fourth-order valence-corrected chi connectivity index (χ4v) is 3.13. The quantitative estimate of drug-likeness (QED) is 0.672. The molecule has 0 aromatic heterocycles. The summed E-state index contributed by atoms with van der Waals surface area (Å²) >= 11 is 1.65. The van der Waals surface area contributed by atoms with E-state index < -0.39 is 6.10 Å². The van der Waals surface area contributed by atoms with Gasteiger partial charge in [0.1, 0.15) is 5.75 Å². The largest absolute Gasteiger partial charge is 0.480 e. The number of fused-ring (bicyclic) bond motifs is 1. The second-order valence-electron chi connectivity index (χ2n) is 5.00. The van der Waals surface area contributed by atoms with E-state index in [1.807, 2.05) is 54.6 Å². The summed E-state index contributed by atoms with van der Waals surface area (Å²) in [5.41, 5.74) is 1.90. The standard InChI is InChI=1S/C18H17NO2S/c1-2-11-22-17-10-6-4-8-14(17)19-18(20)16-12-13-7-3-5-9-15(13)21-16/h2-10,16H,1,11-12H2,(H,19,20). The predicted octanol–water partition coefficient (Wildman–Crippen LogP) is 3.91. The predicted molar refractivity (Wildman–Crippen MR) is 90.6 cm³/mol. The Balaban J connectivity index is 1.69. The number of rotatable bonds is 5. The van der Waals surface area contributed by atoms with E-state index in [1.165, 1.54) is 0 Å². The van der Waals surface area contributed by atoms with Gasteiger partial charge in [0.05, 0.1) is 5.69 Å². The lowest BCUT2D eigenvalue weighted by atomic mass is 10.1. The molecule has 4 heteroatoms. The molecule has 2 aromatic rings. The van der Waals surface area contributed by atoms with Crippen molar-refractivity contribution < 1.29 is 9.53 Å². The number of hydrogen-bond donors (Lipinski definition) is 1. The molecule has 22 heavy (non-hydrogen) atoms. The highest BCUT2D eigenvalue weighted by Gasteiger charge is 2.29. The molecule has 0 spiro atoms. The number of para-hydroxylation sites is 2. The van der Waals surface area contributed by atoms with Crippen molar-refractivity contribution in [3.63, 3.8) is 0 Å². The summed E-state index contributed by atoms with van der Waals surface area (Å²) in [5, 5.41) is 2.98. The first-order valence-electron chi connectivity index (χ1n) is 7.16. The highest BCUT2D eigenvalue weighted by Crippen LogP contribution is 2.30. The molecular formula is C18H17NO2S. The molecule has 0 radical (unpaired) electrons. The van der Waals surface area contributed by atoms with Gasteiger partial charge >= 0.3 is 0 Å². The fraction of sp³-hybridized carbons (Fsp3) is 0.167. The Hall–Kier alpha value is -2.20. The van der Waals surface area contributed by atoms with E-state index in [9.17, 15) is 4.79 Å². The average Bonchev–Trinajstić information content (AvgIpc) is 2.98. The Kier molecular flexibility index (Phi) is 4.49. The van der Waals surface area contributed by atoms with Gasteiger partial charge in [-0.25, -0.2) is 0 Å². The van der Waals surface area contributed by atoms with Gasteiger partial charge in [-0.15, -0.1) is 18.3 Å². The monoisotopic (exact) mass is 311 g/mol. The van der Waals surface area contributed by atoms with E-state index in [4.69, 9.17) is 4.74 Å². The van der Waals surface area contributed by atoms with Crippen LogP contribution in [0.15, 0.2) is 66.1 Å². The van der Waals surface area contributed by atoms with E-state index in [0.717, 1.165) is 27.6 Å². The SMILES string of the molecule is C=CCSc1ccccc1NC(=O)C1Cc2ccccc2O1. The summed E-state index contributed by atoms with van der Waals surface area (Å²) in [4.78, 5) is 13.5. The molecular weight excluding hydrogens is 294 g/mol. The minimum absolute atomic E-state index is 0.108. The first-order valence-corrected chi connectivity index (χ1v) is 8.14. The Morgan fingerprint density at radius 3 is 2.86 bits per heavy atom. The van der Waals surface area contributed by atoms with Gasteiger partial charge in [0.15, 0.2) is 6.10 Å². The smallest absolute Gasteiger partial charge is 0.265 e. The molecule has 2 aromatic carbocycles. The lowest BCUT2D eigenvalue weighted by Gasteiger charge is -2.14. The summed E-state index contributed by atoms with van der Waals surface area (Å²) in [7, 11) is 0. The van der Waals surface area contributed by atoms with Gasteiger partial charge in [-0.05, 0) is 23.8 Å². The minimum atomic E-state index is -0.463. The first-order chi connectivity index (χ1) is 10.8. The number of carbonyl (C=O) groups is 1. The molecule has 1 aliphatic heterocycles. The maximum Gasteiger partial charge on any atom is 0.265 e. The lowest BCUT2D eigenvalue weighted by Crippen LogP contribution is -2.31. The minimum Gasteiger partial charge on any atom is -0.480 e. The van der Waals surface area contributed by atoms with Gasteiger partial charge in [-0.2, -0.15) is 0 Å². The molecule has 0 saturated heterocycles. The van der Waals surface area contributed by atoms with Crippen LogP contribution in [0.25, 0.3) is 0 Å². The molecule has 112 valence electrons. The van der Waals surface area contributed by atoms with Gasteiger partial charge in [-0.3, -0.25) is 4.79 Å². The van der Waals surface area contributed by atoms with E-state index in [0.29, 0.717) is 6.42 Å². The molecule has 3 rings (SSSR count). The maximum atomic E-state index is 12.4. The van der Waals surface area contributed by atoms with E-state index in [-0.39, 0.29) is 5.91 Å². The molecule has 0 aliphatic carbocycles. The molecule has 1 atom stereocenters. The maximum absolute atomic E-state index is 12.4. The van der Waals surface area contributed by atoms with Gasteiger partial charge in [0, 0.05) is 17.1 Å². The summed E-state index contributed by atoms with van der Waals surface area (Å²) in [6, 6.07) is 15.6. The fourth-order valence-electron chi connectivity index (χ4n) is 2.39. The van der Waals surface area contributed by atoms with E-state index in [1.54, 1.807) is 11.8 Å². The molecule has 0 bridgehead atoms. The Morgan fingerprint density at radius 2 is 2.05 bits per heavy atom. The van der Waals surface area contributed by atoms with Crippen molar-refractivity contribution in [2.75, 3.05) is 11.1 Å². The third-order valence-electron chi connectivity index (χ3n) is 3.44. The lowest BCUT2D eigenvalue weighted by molar-refractivity contribution is -0.122. The summed E-state index contributed by atoms with van der Waals surface area (Å²) in [6.45, 7) is 3.72. The van der Waals surface area contributed by atoms with Crippen LogP contribution >= 0.6 is 11.8 Å². The third kappa shape index (κ3) is 3.17. The molecule has 1 amide bonds. The zero-order valence-corrected chi connectivity index (χ0v) is 12.9. The van der Waals surface area contributed by atoms with Gasteiger partial charge in [-0.1, -0.05) is 36.4 Å². The number of thioether (sulfide) groups is 1. The van der Waals surface area contributed by atoms with Crippen molar-refractivity contribution in [1.82, 2.24) is 0 Å². The molecule has 3 nitrogen and oxygen atoms in total. The highest BCUT2D eigenvalue weighted by molar-refractivity contribution is 7.99. The molecule has 0 fully saturated rings. The van der Waals surface area contributed by atoms with Crippen LogP contribution in [0.2, 0.25) is 0 Å². The van der Waals surface area contributed by atoms with Crippen molar-refractivity contribution in [3.8, 4) is 5.75 Å². The van der Waals surface area contributed by atoms with Gasteiger partial charge in [0.25, 0.3) is 5.91 Å². The second-order valence-corrected chi connectivity index (χ2v) is 6.07. The van der Waals surface area contributed by atoms with Crippen molar-refractivity contribution in [2.45, 2.75) is 17.4 Å². The normalized spacial score (nSPS) is 15.7. The number of anilines is 1. The third-order valence-corrected chi connectivity index (χ3v) is 4.51. The Bertz CT molecular complexity index is 674. The second kappa shape index (κ2) is 6.71. The number of hydrogen-bond acceptors (Lipinski definition) is 3. The molecule has 1 aliphatic rings. The number of amides is 1. The van der Waals surface area contributed by atoms with Crippen molar-refractivity contribution in [1.29, 1.82) is 0 Å². The molecule has 1 heterocycles. The Morgan fingerprint density at radius 1 is 1.27 bits per heavy atom. The van der Waals surface area contributed by atoms with Crippen LogP contribution in [0, 0.1) is 0 Å². The van der Waals surface area contributed by atoms with Crippen molar-refractivity contribution in [2.24, 2.45) is 0 Å². The van der Waals surface area contributed by atoms with Crippen LogP contribution in [0.5, 0.6) is 5.75 Å². The van der Waals surface area contributed by atoms with Crippen LogP contribution in [-0.2, 0) is 11.2 Å². The number of benzene rings is 2. The average molecular weight is 311 g/mol. The molecule has 0 saturated carbocycles. The summed E-state index contributed by atoms with van der Waals surface area (Å²) in [5.74, 6) is 1.50. The zero-order valence-electron chi connectivity index (χ0n) is 12.1. The summed E-state index contributed by atoms with van der Waals surface area (Å²) in [6.07, 6.45) is 2.00. The topological polar surface area (TPSA) is 38.3 Å². The van der Waals surface area contributed by atoms with Crippen LogP contribution in [0.1, 0.15) is 5.56 Å². The number of nitrogens with one attached hydrogen (secondary N) is 1. The first kappa shape index (κ1) is 14.7. The number of carbonyl (C=O) groups excluding carboxylic acids is 1. The molecule has 1 unspecified atom stereocenters. The van der Waals surface area contributed by atoms with E-state index in [2.05, 4.69) is 11.9 Å². The van der Waals surface area contributed by atoms with Crippen LogP contribution in [-0.4, -0.2) is 17.8 Å². The van der Waals surface area contributed by atoms with Gasteiger partial charge < -0.3 is 10.1 Å². The van der Waals surface area contributed by atoms with Crippen molar-refractivity contribution >= 4 is 23.4 Å². The van der Waals surface area contributed by atoms with Crippen LogP contribution in [0.3, 0.4) is 0 Å². The Labute approximate surface area is 134 Å². The van der Waals surface area contributed by atoms with Gasteiger partial charge in [0.2, 0.25) is 0 Å². The van der Waals surface area contributed by atoms with Crippen molar-refractivity contribution in [3.05, 3.63) is 66.7 Å². The zero-order chi connectivity index (χ0) is 15.4. The highest BCUT2D eigenvalue weighted by atomic mass is 32.2. The number of ether oxygens (including phenoxy) is 1. The van der Waals surface area contributed by atoms with Crippen LogP contribution < -0.4 is 10.1 Å². The molecule has 1 N–H and O–H groups in total. The van der Waals surface area contributed by atoms with E-state index >= 15 is 0 Å². The van der Waals surface area contributed by atoms with Crippen LogP contribution in [0.4, 0.5) is 5.69 Å².